The Labute approximate surface area is 92.6 Å². The van der Waals surface area contributed by atoms with Gasteiger partial charge in [0.1, 0.15) is 6.26 Å². The standard InChI is InChI=1S/C12H10N2O2/c13-12(15)9-4-1-5-10-11(9)16-7-8-3-2-6-14(8)10/h1-5,7H,6H2,(H2,13,15). The van der Waals surface area contributed by atoms with E-state index >= 15 is 0 Å². The van der Waals surface area contributed by atoms with E-state index in [2.05, 4.69) is 4.90 Å². The Bertz CT molecular complexity index is 532. The summed E-state index contributed by atoms with van der Waals surface area (Å²) in [7, 11) is 0. The first-order chi connectivity index (χ1) is 7.77. The van der Waals surface area contributed by atoms with Crippen LogP contribution in [-0.2, 0) is 0 Å². The van der Waals surface area contributed by atoms with Gasteiger partial charge in [-0.25, -0.2) is 0 Å². The molecule has 2 heterocycles. The maximum Gasteiger partial charge on any atom is 0.252 e. The SMILES string of the molecule is NC(=O)c1cccc2c1OC=C1C=CCN12. The molecule has 0 unspecified atom stereocenters. The zero-order chi connectivity index (χ0) is 11.1. The van der Waals surface area contributed by atoms with Crippen LogP contribution in [0.1, 0.15) is 10.4 Å². The van der Waals surface area contributed by atoms with Crippen molar-refractivity contribution in [3.8, 4) is 5.75 Å². The lowest BCUT2D eigenvalue weighted by Crippen LogP contribution is -2.23. The van der Waals surface area contributed by atoms with Crippen LogP contribution in [0, 0.1) is 0 Å². The number of fused-ring (bicyclic) bond motifs is 3. The lowest BCUT2D eigenvalue weighted by atomic mass is 10.1. The van der Waals surface area contributed by atoms with Crippen molar-refractivity contribution in [2.24, 2.45) is 5.73 Å². The number of hydrogen-bond donors (Lipinski definition) is 1. The van der Waals surface area contributed by atoms with Crippen molar-refractivity contribution in [1.29, 1.82) is 0 Å². The summed E-state index contributed by atoms with van der Waals surface area (Å²) in [5.74, 6) is 0.0725. The summed E-state index contributed by atoms with van der Waals surface area (Å²) in [6.07, 6.45) is 5.67. The van der Waals surface area contributed by atoms with Gasteiger partial charge in [0.05, 0.1) is 16.9 Å². The topological polar surface area (TPSA) is 55.6 Å². The lowest BCUT2D eigenvalue weighted by molar-refractivity contribution is 0.0998. The summed E-state index contributed by atoms with van der Waals surface area (Å²) < 4.78 is 5.47. The van der Waals surface area contributed by atoms with E-state index < -0.39 is 5.91 Å². The smallest absolute Gasteiger partial charge is 0.252 e. The average molecular weight is 214 g/mol. The number of hydrogen-bond acceptors (Lipinski definition) is 3. The minimum atomic E-state index is -0.471. The molecule has 0 fully saturated rings. The monoisotopic (exact) mass is 214 g/mol. The van der Waals surface area contributed by atoms with E-state index in [4.69, 9.17) is 10.5 Å². The molecule has 0 spiro atoms. The number of nitrogens with zero attached hydrogens (tertiary/aromatic N) is 1. The van der Waals surface area contributed by atoms with Crippen molar-refractivity contribution >= 4 is 11.6 Å². The van der Waals surface area contributed by atoms with Crippen LogP contribution in [0.3, 0.4) is 0 Å². The Morgan fingerprint density at radius 3 is 3.12 bits per heavy atom. The van der Waals surface area contributed by atoms with Crippen LogP contribution in [0.15, 0.2) is 42.3 Å². The van der Waals surface area contributed by atoms with Crippen LogP contribution < -0.4 is 15.4 Å². The van der Waals surface area contributed by atoms with Crippen molar-refractivity contribution in [3.05, 3.63) is 47.9 Å². The number of amides is 1. The van der Waals surface area contributed by atoms with Crippen molar-refractivity contribution in [2.45, 2.75) is 0 Å². The van der Waals surface area contributed by atoms with Crippen LogP contribution in [0.5, 0.6) is 5.75 Å². The zero-order valence-electron chi connectivity index (χ0n) is 8.51. The predicted octanol–water partition coefficient (Wildman–Crippen LogP) is 1.40. The molecule has 2 aliphatic rings. The van der Waals surface area contributed by atoms with Gasteiger partial charge in [0.15, 0.2) is 5.75 Å². The largest absolute Gasteiger partial charge is 0.460 e. The van der Waals surface area contributed by atoms with E-state index in [1.807, 2.05) is 24.3 Å². The molecule has 80 valence electrons. The van der Waals surface area contributed by atoms with E-state index in [0.29, 0.717) is 11.3 Å². The van der Waals surface area contributed by atoms with Gasteiger partial charge in [-0.2, -0.15) is 0 Å². The van der Waals surface area contributed by atoms with E-state index in [1.54, 1.807) is 12.3 Å². The fraction of sp³-hybridized carbons (Fsp3) is 0.0833. The number of nitrogens with two attached hydrogens (primary N) is 1. The summed E-state index contributed by atoms with van der Waals surface area (Å²) in [6.45, 7) is 0.796. The quantitative estimate of drug-likeness (QED) is 0.768. The van der Waals surface area contributed by atoms with Gasteiger partial charge < -0.3 is 15.4 Å². The Morgan fingerprint density at radius 2 is 2.31 bits per heavy atom. The molecule has 0 saturated carbocycles. The summed E-state index contributed by atoms with van der Waals surface area (Å²) in [5, 5.41) is 0. The van der Waals surface area contributed by atoms with E-state index in [-0.39, 0.29) is 0 Å². The Hall–Kier alpha value is -2.23. The van der Waals surface area contributed by atoms with Crippen molar-refractivity contribution in [1.82, 2.24) is 0 Å². The normalized spacial score (nSPS) is 16.2. The molecule has 0 bridgehead atoms. The molecule has 3 rings (SSSR count). The highest BCUT2D eigenvalue weighted by molar-refractivity contribution is 5.98. The van der Waals surface area contributed by atoms with Gasteiger partial charge in [-0.05, 0) is 18.2 Å². The third-order valence-electron chi connectivity index (χ3n) is 2.74. The maximum atomic E-state index is 11.3. The predicted molar refractivity (Wildman–Crippen MR) is 60.2 cm³/mol. The molecule has 2 N–H and O–H groups in total. The highest BCUT2D eigenvalue weighted by Crippen LogP contribution is 2.39. The van der Waals surface area contributed by atoms with Gasteiger partial charge in [0.2, 0.25) is 0 Å². The average Bonchev–Trinajstić information content (AvgIpc) is 2.76. The highest BCUT2D eigenvalue weighted by Gasteiger charge is 2.25. The number of ether oxygens (including phenoxy) is 1. The number of rotatable bonds is 1. The highest BCUT2D eigenvalue weighted by atomic mass is 16.5. The summed E-state index contributed by atoms with van der Waals surface area (Å²) in [4.78, 5) is 13.3. The molecule has 0 atom stereocenters. The molecule has 0 saturated heterocycles. The Morgan fingerprint density at radius 1 is 1.44 bits per heavy atom. The third-order valence-corrected chi connectivity index (χ3v) is 2.74. The molecule has 2 aliphatic heterocycles. The molecule has 0 aliphatic carbocycles. The van der Waals surface area contributed by atoms with Gasteiger partial charge in [0.25, 0.3) is 5.91 Å². The molecule has 4 heteroatoms. The van der Waals surface area contributed by atoms with Crippen LogP contribution in [0.25, 0.3) is 0 Å². The number of benzene rings is 1. The number of allylic oxidation sites excluding steroid dienone is 1. The number of carbonyl (C=O) groups is 1. The number of primary amides is 1. The second-order valence-electron chi connectivity index (χ2n) is 3.69. The molecule has 1 aromatic rings. The first-order valence-electron chi connectivity index (χ1n) is 5.01. The maximum absolute atomic E-state index is 11.3. The number of para-hydroxylation sites is 1. The second-order valence-corrected chi connectivity index (χ2v) is 3.69. The number of carbonyl (C=O) groups excluding carboxylic acids is 1. The molecule has 4 nitrogen and oxygen atoms in total. The van der Waals surface area contributed by atoms with Crippen molar-refractivity contribution < 1.29 is 9.53 Å². The molecule has 0 aromatic heterocycles. The van der Waals surface area contributed by atoms with Crippen molar-refractivity contribution in [2.75, 3.05) is 11.4 Å². The number of anilines is 1. The van der Waals surface area contributed by atoms with Gasteiger partial charge in [-0.3, -0.25) is 4.79 Å². The van der Waals surface area contributed by atoms with E-state index in [0.717, 1.165) is 17.9 Å². The first kappa shape index (κ1) is 9.03. The fourth-order valence-corrected chi connectivity index (χ4v) is 1.99. The molecule has 1 amide bonds. The Kier molecular flexibility index (Phi) is 1.77. The zero-order valence-corrected chi connectivity index (χ0v) is 8.51. The molecular weight excluding hydrogens is 204 g/mol. The van der Waals surface area contributed by atoms with Gasteiger partial charge in [0, 0.05) is 6.54 Å². The molecule has 16 heavy (non-hydrogen) atoms. The van der Waals surface area contributed by atoms with Gasteiger partial charge in [-0.1, -0.05) is 12.1 Å². The van der Waals surface area contributed by atoms with Crippen LogP contribution >= 0.6 is 0 Å². The minimum absolute atomic E-state index is 0.416. The lowest BCUT2D eigenvalue weighted by Gasteiger charge is -2.27. The van der Waals surface area contributed by atoms with Gasteiger partial charge >= 0.3 is 0 Å². The fourth-order valence-electron chi connectivity index (χ4n) is 1.99. The molecular formula is C12H10N2O2. The van der Waals surface area contributed by atoms with Crippen molar-refractivity contribution in [3.63, 3.8) is 0 Å². The summed E-state index contributed by atoms with van der Waals surface area (Å²) in [6, 6.07) is 5.40. The van der Waals surface area contributed by atoms with Crippen LogP contribution in [0.4, 0.5) is 5.69 Å². The summed E-state index contributed by atoms with van der Waals surface area (Å²) >= 11 is 0. The second kappa shape index (κ2) is 3.13. The molecule has 0 radical (unpaired) electrons. The Balaban J connectivity index is 2.16. The van der Waals surface area contributed by atoms with Crippen LogP contribution in [0.2, 0.25) is 0 Å². The van der Waals surface area contributed by atoms with E-state index in [1.165, 1.54) is 0 Å². The van der Waals surface area contributed by atoms with E-state index in [9.17, 15) is 4.79 Å². The molecule has 1 aromatic carbocycles. The summed E-state index contributed by atoms with van der Waals surface area (Å²) in [5.41, 5.74) is 7.60. The first-order valence-corrected chi connectivity index (χ1v) is 5.01. The third kappa shape index (κ3) is 1.13. The van der Waals surface area contributed by atoms with Gasteiger partial charge in [-0.15, -0.1) is 0 Å². The van der Waals surface area contributed by atoms with Crippen LogP contribution in [-0.4, -0.2) is 12.5 Å². The minimum Gasteiger partial charge on any atom is -0.460 e.